The third-order valence-corrected chi connectivity index (χ3v) is 4.11. The Hall–Kier alpha value is -2.21. The number of amides is 1. The van der Waals surface area contributed by atoms with Crippen LogP contribution in [-0.4, -0.2) is 28.1 Å². The number of rotatable bonds is 5. The van der Waals surface area contributed by atoms with Gasteiger partial charge in [-0.1, -0.05) is 12.1 Å². The van der Waals surface area contributed by atoms with Gasteiger partial charge in [-0.3, -0.25) is 4.79 Å². The van der Waals surface area contributed by atoms with Gasteiger partial charge < -0.3 is 14.6 Å². The molecule has 2 heterocycles. The SMILES string of the molecule is Cn1ccnc1[C@H]1OCC[C@@H]1NC(=O)CCc1ccc(F)cc1. The first kappa shape index (κ1) is 15.7. The number of hydrogen-bond acceptors (Lipinski definition) is 3. The number of ether oxygens (including phenoxy) is 1. The number of aromatic nitrogens is 2. The fourth-order valence-corrected chi connectivity index (χ4v) is 2.83. The van der Waals surface area contributed by atoms with Crippen molar-refractivity contribution in [1.29, 1.82) is 0 Å². The molecule has 5 nitrogen and oxygen atoms in total. The third-order valence-electron chi connectivity index (χ3n) is 4.11. The fourth-order valence-electron chi connectivity index (χ4n) is 2.83. The number of nitrogens with zero attached hydrogens (tertiary/aromatic N) is 2. The molecule has 122 valence electrons. The van der Waals surface area contributed by atoms with Crippen molar-refractivity contribution in [2.75, 3.05) is 6.61 Å². The molecule has 0 aliphatic carbocycles. The summed E-state index contributed by atoms with van der Waals surface area (Å²) < 4.78 is 20.5. The van der Waals surface area contributed by atoms with Gasteiger partial charge in [0.15, 0.2) is 0 Å². The number of nitrogens with one attached hydrogen (secondary N) is 1. The molecule has 0 saturated carbocycles. The summed E-state index contributed by atoms with van der Waals surface area (Å²) in [5, 5.41) is 3.03. The molecule has 1 aliphatic rings. The quantitative estimate of drug-likeness (QED) is 0.919. The maximum atomic E-state index is 12.9. The van der Waals surface area contributed by atoms with Crippen LogP contribution in [0.5, 0.6) is 0 Å². The van der Waals surface area contributed by atoms with Gasteiger partial charge in [-0.05, 0) is 30.5 Å². The minimum atomic E-state index is -0.265. The Morgan fingerprint density at radius 3 is 2.91 bits per heavy atom. The molecule has 0 spiro atoms. The average molecular weight is 317 g/mol. The van der Waals surface area contributed by atoms with Crippen LogP contribution in [-0.2, 0) is 23.0 Å². The van der Waals surface area contributed by atoms with E-state index < -0.39 is 0 Å². The van der Waals surface area contributed by atoms with Gasteiger partial charge in [0.25, 0.3) is 0 Å². The van der Waals surface area contributed by atoms with Crippen LogP contribution in [0.4, 0.5) is 4.39 Å². The van der Waals surface area contributed by atoms with Gasteiger partial charge in [-0.25, -0.2) is 9.37 Å². The third kappa shape index (κ3) is 3.76. The smallest absolute Gasteiger partial charge is 0.220 e. The maximum absolute atomic E-state index is 12.9. The molecule has 0 radical (unpaired) electrons. The van der Waals surface area contributed by atoms with E-state index in [9.17, 15) is 9.18 Å². The van der Waals surface area contributed by atoms with Crippen LogP contribution >= 0.6 is 0 Å². The first-order valence-electron chi connectivity index (χ1n) is 7.76. The molecule has 6 heteroatoms. The second-order valence-corrected chi connectivity index (χ2v) is 5.78. The van der Waals surface area contributed by atoms with Crippen molar-refractivity contribution in [3.63, 3.8) is 0 Å². The number of carbonyl (C=O) groups excluding carboxylic acids is 1. The van der Waals surface area contributed by atoms with Crippen LogP contribution in [0.2, 0.25) is 0 Å². The number of hydrogen-bond donors (Lipinski definition) is 1. The lowest BCUT2D eigenvalue weighted by Gasteiger charge is -2.19. The molecule has 1 aliphatic heterocycles. The van der Waals surface area contributed by atoms with Gasteiger partial charge in [-0.15, -0.1) is 0 Å². The molecule has 0 bridgehead atoms. The lowest BCUT2D eigenvalue weighted by Crippen LogP contribution is -2.37. The predicted molar refractivity (Wildman–Crippen MR) is 83.2 cm³/mol. The molecule has 1 fully saturated rings. The van der Waals surface area contributed by atoms with Crippen molar-refractivity contribution < 1.29 is 13.9 Å². The Morgan fingerprint density at radius 2 is 2.22 bits per heavy atom. The molecule has 23 heavy (non-hydrogen) atoms. The van der Waals surface area contributed by atoms with E-state index in [4.69, 9.17) is 4.74 Å². The monoisotopic (exact) mass is 317 g/mol. The summed E-state index contributed by atoms with van der Waals surface area (Å²) in [6.45, 7) is 0.612. The molecule has 2 atom stereocenters. The Kier molecular flexibility index (Phi) is 4.71. The molecule has 1 aromatic heterocycles. The lowest BCUT2D eigenvalue weighted by molar-refractivity contribution is -0.122. The van der Waals surface area contributed by atoms with E-state index in [1.54, 1.807) is 18.3 Å². The van der Waals surface area contributed by atoms with Gasteiger partial charge in [0.2, 0.25) is 5.91 Å². The summed E-state index contributed by atoms with van der Waals surface area (Å²) in [5.74, 6) is 0.537. The van der Waals surface area contributed by atoms with Crippen LogP contribution in [0, 0.1) is 5.82 Å². The average Bonchev–Trinajstić information content (AvgIpc) is 3.15. The summed E-state index contributed by atoms with van der Waals surface area (Å²) in [6, 6.07) is 6.18. The maximum Gasteiger partial charge on any atom is 0.220 e. The Morgan fingerprint density at radius 1 is 1.43 bits per heavy atom. The van der Waals surface area contributed by atoms with Gasteiger partial charge in [0.05, 0.1) is 6.04 Å². The first-order valence-corrected chi connectivity index (χ1v) is 7.76. The summed E-state index contributed by atoms with van der Waals surface area (Å²) in [7, 11) is 1.91. The van der Waals surface area contributed by atoms with Crippen molar-refractivity contribution in [3.8, 4) is 0 Å². The number of halogens is 1. The molecule has 1 saturated heterocycles. The number of carbonyl (C=O) groups is 1. The topological polar surface area (TPSA) is 56.1 Å². The van der Waals surface area contributed by atoms with Crippen molar-refractivity contribution in [3.05, 3.63) is 53.9 Å². The standard InChI is InChI=1S/C17H20FN3O2/c1-21-10-9-19-17(21)16-14(8-11-23-16)20-15(22)7-4-12-2-5-13(18)6-3-12/h2-3,5-6,9-10,14,16H,4,7-8,11H2,1H3,(H,20,22)/t14-,16-/m0/s1. The molecule has 2 aromatic rings. The van der Waals surface area contributed by atoms with Gasteiger partial charge in [0, 0.05) is 32.5 Å². The van der Waals surface area contributed by atoms with Crippen molar-refractivity contribution >= 4 is 5.91 Å². The molecule has 0 unspecified atom stereocenters. The summed E-state index contributed by atoms with van der Waals surface area (Å²) >= 11 is 0. The van der Waals surface area contributed by atoms with Crippen LogP contribution in [0.1, 0.15) is 30.3 Å². The van der Waals surface area contributed by atoms with Crippen molar-refractivity contribution in [1.82, 2.24) is 14.9 Å². The van der Waals surface area contributed by atoms with E-state index in [1.165, 1.54) is 12.1 Å². The van der Waals surface area contributed by atoms with E-state index in [0.29, 0.717) is 19.4 Å². The first-order chi connectivity index (χ1) is 11.1. The zero-order valence-electron chi connectivity index (χ0n) is 13.0. The highest BCUT2D eigenvalue weighted by molar-refractivity contribution is 5.76. The summed E-state index contributed by atoms with van der Waals surface area (Å²) in [5.41, 5.74) is 0.949. The Balaban J connectivity index is 1.54. The lowest BCUT2D eigenvalue weighted by atomic mass is 10.1. The highest BCUT2D eigenvalue weighted by Crippen LogP contribution is 2.27. The molecular formula is C17H20FN3O2. The van der Waals surface area contributed by atoms with Gasteiger partial charge >= 0.3 is 0 Å². The Bertz CT molecular complexity index is 669. The number of aryl methyl sites for hydroxylation is 2. The highest BCUT2D eigenvalue weighted by atomic mass is 19.1. The van der Waals surface area contributed by atoms with E-state index >= 15 is 0 Å². The predicted octanol–water partition coefficient (Wildman–Crippen LogP) is 2.14. The minimum Gasteiger partial charge on any atom is -0.368 e. The van der Waals surface area contributed by atoms with Gasteiger partial charge in [-0.2, -0.15) is 0 Å². The normalized spacial score (nSPS) is 20.6. The molecule has 1 aromatic carbocycles. The number of benzene rings is 1. The molecule has 1 N–H and O–H groups in total. The minimum absolute atomic E-state index is 0.0240. The van der Waals surface area contributed by atoms with E-state index in [-0.39, 0.29) is 23.9 Å². The van der Waals surface area contributed by atoms with Crippen molar-refractivity contribution in [2.45, 2.75) is 31.4 Å². The summed E-state index contributed by atoms with van der Waals surface area (Å²) in [6.07, 6.45) is 5.13. The van der Waals surface area contributed by atoms with Crippen LogP contribution < -0.4 is 5.32 Å². The Labute approximate surface area is 134 Å². The second-order valence-electron chi connectivity index (χ2n) is 5.78. The summed E-state index contributed by atoms with van der Waals surface area (Å²) in [4.78, 5) is 16.5. The molecule has 1 amide bonds. The highest BCUT2D eigenvalue weighted by Gasteiger charge is 2.33. The largest absolute Gasteiger partial charge is 0.368 e. The number of imidazole rings is 1. The van der Waals surface area contributed by atoms with Crippen LogP contribution in [0.25, 0.3) is 0 Å². The van der Waals surface area contributed by atoms with Crippen molar-refractivity contribution in [2.24, 2.45) is 7.05 Å². The van der Waals surface area contributed by atoms with E-state index in [2.05, 4.69) is 10.3 Å². The van der Waals surface area contributed by atoms with Crippen LogP contribution in [0.3, 0.4) is 0 Å². The van der Waals surface area contributed by atoms with E-state index in [1.807, 2.05) is 17.8 Å². The van der Waals surface area contributed by atoms with Gasteiger partial charge in [0.1, 0.15) is 17.7 Å². The van der Waals surface area contributed by atoms with E-state index in [0.717, 1.165) is 17.8 Å². The molecule has 3 rings (SSSR count). The zero-order chi connectivity index (χ0) is 16.2. The second kappa shape index (κ2) is 6.91. The van der Waals surface area contributed by atoms with Crippen LogP contribution in [0.15, 0.2) is 36.7 Å². The molecular weight excluding hydrogens is 297 g/mol. The zero-order valence-corrected chi connectivity index (χ0v) is 13.0. The fraction of sp³-hybridized carbons (Fsp3) is 0.412.